The van der Waals surface area contributed by atoms with Gasteiger partial charge in [0.15, 0.2) is 5.17 Å². The Kier molecular flexibility index (Phi) is 6.64. The summed E-state index contributed by atoms with van der Waals surface area (Å²) >= 11 is 1.39. The van der Waals surface area contributed by atoms with Crippen LogP contribution in [-0.2, 0) is 4.79 Å². The summed E-state index contributed by atoms with van der Waals surface area (Å²) in [5.41, 5.74) is 2.84. The molecule has 5 nitrogen and oxygen atoms in total. The van der Waals surface area contributed by atoms with Crippen molar-refractivity contribution in [1.82, 2.24) is 4.90 Å². The van der Waals surface area contributed by atoms with Crippen LogP contribution >= 0.6 is 11.8 Å². The third kappa shape index (κ3) is 4.65. The fourth-order valence-corrected chi connectivity index (χ4v) is 4.03. The number of aryl methyl sites for hydroxylation is 1. The summed E-state index contributed by atoms with van der Waals surface area (Å²) in [6, 6.07) is 13.6. The quantitative estimate of drug-likeness (QED) is 0.597. The molecule has 2 aromatic carbocycles. The lowest BCUT2D eigenvalue weighted by Crippen LogP contribution is -2.36. The number of hydrogen-bond acceptors (Lipinski definition) is 5. The lowest BCUT2D eigenvalue weighted by atomic mass is 10.1. The summed E-state index contributed by atoms with van der Waals surface area (Å²) in [6.45, 7) is 6.15. The molecule has 0 aliphatic carbocycles. The van der Waals surface area contributed by atoms with Crippen molar-refractivity contribution in [3.63, 3.8) is 0 Å². The molecule has 1 aliphatic rings. The Bertz CT molecular complexity index is 951. The highest BCUT2D eigenvalue weighted by molar-refractivity contribution is 8.18. The molecule has 0 unspecified atom stereocenters. The first-order chi connectivity index (χ1) is 14.0. The summed E-state index contributed by atoms with van der Waals surface area (Å²) in [5, 5.41) is 0.701. The average molecular weight is 411 g/mol. The molecule has 1 atom stereocenters. The highest BCUT2D eigenvalue weighted by atomic mass is 32.2. The number of carbonyl (C=O) groups excluding carboxylic acids is 1. The molecule has 29 heavy (non-hydrogen) atoms. The predicted octanol–water partition coefficient (Wildman–Crippen LogP) is 5.41. The number of benzene rings is 2. The summed E-state index contributed by atoms with van der Waals surface area (Å²) < 4.78 is 10.7. The van der Waals surface area contributed by atoms with Gasteiger partial charge in [-0.05, 0) is 62.4 Å². The molecule has 2 aromatic rings. The molecule has 1 aliphatic heterocycles. The van der Waals surface area contributed by atoms with E-state index in [0.717, 1.165) is 17.7 Å². The van der Waals surface area contributed by atoms with E-state index in [1.54, 1.807) is 19.1 Å². The van der Waals surface area contributed by atoms with E-state index < -0.39 is 0 Å². The molecular formula is C23H26N2O3S. The minimum absolute atomic E-state index is 0.0342. The number of carbonyl (C=O) groups is 1. The van der Waals surface area contributed by atoms with Gasteiger partial charge in [-0.15, -0.1) is 0 Å². The zero-order valence-electron chi connectivity index (χ0n) is 17.4. The maximum Gasteiger partial charge on any atom is 0.267 e. The molecule has 1 amide bonds. The fraction of sp³-hybridized carbons (Fsp3) is 0.304. The second-order valence-corrected chi connectivity index (χ2v) is 7.89. The van der Waals surface area contributed by atoms with Crippen LogP contribution in [0.1, 0.15) is 31.4 Å². The van der Waals surface area contributed by atoms with Gasteiger partial charge in [-0.2, -0.15) is 0 Å². The Morgan fingerprint density at radius 1 is 1.14 bits per heavy atom. The van der Waals surface area contributed by atoms with Gasteiger partial charge >= 0.3 is 0 Å². The number of amidine groups is 1. The van der Waals surface area contributed by atoms with Gasteiger partial charge in [0.1, 0.15) is 11.5 Å². The van der Waals surface area contributed by atoms with Gasteiger partial charge in [-0.25, -0.2) is 4.99 Å². The van der Waals surface area contributed by atoms with Gasteiger partial charge < -0.3 is 9.47 Å². The van der Waals surface area contributed by atoms with E-state index in [4.69, 9.17) is 14.5 Å². The van der Waals surface area contributed by atoms with Gasteiger partial charge in [-0.3, -0.25) is 9.69 Å². The van der Waals surface area contributed by atoms with Crippen LogP contribution in [0.15, 0.2) is 52.4 Å². The van der Waals surface area contributed by atoms with Crippen molar-refractivity contribution in [2.75, 3.05) is 14.2 Å². The first kappa shape index (κ1) is 21.0. The van der Waals surface area contributed by atoms with E-state index in [9.17, 15) is 4.79 Å². The number of methoxy groups -OCH3 is 2. The minimum atomic E-state index is -0.0342. The largest absolute Gasteiger partial charge is 0.497 e. The van der Waals surface area contributed by atoms with Crippen LogP contribution in [0.25, 0.3) is 6.08 Å². The third-order valence-electron chi connectivity index (χ3n) is 4.85. The molecule has 1 saturated heterocycles. The zero-order chi connectivity index (χ0) is 21.0. The molecule has 3 rings (SSSR count). The number of nitrogens with zero attached hydrogens (tertiary/aromatic N) is 2. The molecule has 0 bridgehead atoms. The van der Waals surface area contributed by atoms with E-state index in [2.05, 4.69) is 6.92 Å². The molecule has 0 spiro atoms. The van der Waals surface area contributed by atoms with Crippen LogP contribution in [0.3, 0.4) is 0 Å². The number of thioether (sulfide) groups is 1. The van der Waals surface area contributed by atoms with Gasteiger partial charge in [0.25, 0.3) is 5.91 Å². The average Bonchev–Trinajstić information content (AvgIpc) is 3.04. The van der Waals surface area contributed by atoms with E-state index in [-0.39, 0.29) is 11.9 Å². The standard InChI is InChI=1S/C23H26N2O3S/c1-6-16(3)25-22(26)21(13-17-9-12-19(27-4)14-20(17)28-5)29-23(25)24-18-10-7-15(2)8-11-18/h7-14,16H,6H2,1-5H3/b21-13+,24-23?/t16-/m1/s1. The molecule has 6 heteroatoms. The van der Waals surface area contributed by atoms with E-state index >= 15 is 0 Å². The highest BCUT2D eigenvalue weighted by Crippen LogP contribution is 2.37. The van der Waals surface area contributed by atoms with E-state index in [1.807, 2.05) is 62.4 Å². The number of hydrogen-bond donors (Lipinski definition) is 0. The van der Waals surface area contributed by atoms with Crippen molar-refractivity contribution in [2.24, 2.45) is 4.99 Å². The van der Waals surface area contributed by atoms with Gasteiger partial charge in [0.05, 0.1) is 24.8 Å². The number of ether oxygens (including phenoxy) is 2. The summed E-state index contributed by atoms with van der Waals surface area (Å²) in [4.78, 5) is 20.3. The Morgan fingerprint density at radius 3 is 2.48 bits per heavy atom. The summed E-state index contributed by atoms with van der Waals surface area (Å²) in [6.07, 6.45) is 2.71. The summed E-state index contributed by atoms with van der Waals surface area (Å²) in [5.74, 6) is 1.33. The van der Waals surface area contributed by atoms with Crippen LogP contribution in [0.2, 0.25) is 0 Å². The maximum absolute atomic E-state index is 13.2. The maximum atomic E-state index is 13.2. The van der Waals surface area contributed by atoms with Crippen molar-refractivity contribution in [3.8, 4) is 11.5 Å². The first-order valence-electron chi connectivity index (χ1n) is 9.57. The molecule has 0 aromatic heterocycles. The Balaban J connectivity index is 2.00. The number of rotatable bonds is 6. The van der Waals surface area contributed by atoms with Crippen LogP contribution in [0, 0.1) is 6.92 Å². The molecule has 0 radical (unpaired) electrons. The molecular weight excluding hydrogens is 384 g/mol. The number of amides is 1. The van der Waals surface area contributed by atoms with Crippen LogP contribution in [0.5, 0.6) is 11.5 Å². The lowest BCUT2D eigenvalue weighted by Gasteiger charge is -2.22. The second-order valence-electron chi connectivity index (χ2n) is 6.88. The Labute approximate surface area is 176 Å². The summed E-state index contributed by atoms with van der Waals surface area (Å²) in [7, 11) is 3.22. The first-order valence-corrected chi connectivity index (χ1v) is 10.4. The molecule has 0 saturated carbocycles. The van der Waals surface area contributed by atoms with E-state index in [0.29, 0.717) is 21.6 Å². The molecule has 1 fully saturated rings. The monoisotopic (exact) mass is 410 g/mol. The van der Waals surface area contributed by atoms with Crippen molar-refractivity contribution in [2.45, 2.75) is 33.2 Å². The Morgan fingerprint density at radius 2 is 1.86 bits per heavy atom. The molecule has 0 N–H and O–H groups in total. The second kappa shape index (κ2) is 9.18. The smallest absolute Gasteiger partial charge is 0.267 e. The van der Waals surface area contributed by atoms with E-state index in [1.165, 1.54) is 17.3 Å². The van der Waals surface area contributed by atoms with Crippen molar-refractivity contribution in [1.29, 1.82) is 0 Å². The topological polar surface area (TPSA) is 51.1 Å². The van der Waals surface area contributed by atoms with Gasteiger partial charge in [-0.1, -0.05) is 24.6 Å². The van der Waals surface area contributed by atoms with Gasteiger partial charge in [0.2, 0.25) is 0 Å². The van der Waals surface area contributed by atoms with Crippen molar-refractivity contribution in [3.05, 3.63) is 58.5 Å². The van der Waals surface area contributed by atoms with Crippen molar-refractivity contribution >= 4 is 34.6 Å². The number of aliphatic imine (C=N–C) groups is 1. The zero-order valence-corrected chi connectivity index (χ0v) is 18.2. The van der Waals surface area contributed by atoms with Crippen LogP contribution in [0.4, 0.5) is 5.69 Å². The fourth-order valence-electron chi connectivity index (χ4n) is 2.94. The van der Waals surface area contributed by atoms with Crippen molar-refractivity contribution < 1.29 is 14.3 Å². The minimum Gasteiger partial charge on any atom is -0.497 e. The van der Waals surface area contributed by atoms with Gasteiger partial charge in [0, 0.05) is 17.7 Å². The normalized spacial score (nSPS) is 17.8. The molecule has 1 heterocycles. The predicted molar refractivity (Wildman–Crippen MR) is 120 cm³/mol. The molecule has 152 valence electrons. The third-order valence-corrected chi connectivity index (χ3v) is 5.84. The van der Waals surface area contributed by atoms with Crippen LogP contribution in [-0.4, -0.2) is 36.2 Å². The highest BCUT2D eigenvalue weighted by Gasteiger charge is 2.36. The Hall–Kier alpha value is -2.73. The SMILES string of the molecule is CC[C@@H](C)N1C(=O)/C(=C\c2ccc(OC)cc2OC)SC1=Nc1ccc(C)cc1. The lowest BCUT2D eigenvalue weighted by molar-refractivity contribution is -0.123. The van der Waals surface area contributed by atoms with Crippen LogP contribution < -0.4 is 9.47 Å².